The molecule has 3 nitrogen and oxygen atoms in total. The molecule has 190 valence electrons. The van der Waals surface area contributed by atoms with E-state index in [4.69, 9.17) is 0 Å². The summed E-state index contributed by atoms with van der Waals surface area (Å²) < 4.78 is 0. The van der Waals surface area contributed by atoms with Gasteiger partial charge in [0.25, 0.3) is 0 Å². The molecule has 0 radical (unpaired) electrons. The zero-order valence-corrected chi connectivity index (χ0v) is 22.0. The van der Waals surface area contributed by atoms with Crippen LogP contribution in [0.3, 0.4) is 0 Å². The van der Waals surface area contributed by atoms with Gasteiger partial charge in [-0.2, -0.15) is 0 Å². The molecule has 7 rings (SSSR count). The Morgan fingerprint density at radius 1 is 0.590 bits per heavy atom. The Morgan fingerprint density at radius 3 is 1.62 bits per heavy atom. The third-order valence-corrected chi connectivity index (χ3v) is 8.61. The summed E-state index contributed by atoms with van der Waals surface area (Å²) in [5, 5.41) is 0. The monoisotopic (exact) mass is 507 g/mol. The molecular formula is C36H29NO2. The lowest BCUT2D eigenvalue weighted by molar-refractivity contribution is -0.122. The predicted molar refractivity (Wildman–Crippen MR) is 156 cm³/mol. The standard InChI is InChI=1S/C36H29NO2/c1-22-12-16-25(17-13-22)31(26-18-14-23(2)15-19-26)32-28-20-21-29(32)34-33(28)35(38)37(36(34)39)30-11-7-6-10-27(30)24-8-4-3-5-9-24/h3-21,28-29,33-34H,1-2H3. The second-order valence-corrected chi connectivity index (χ2v) is 10.9. The Labute approximate surface area is 229 Å². The van der Waals surface area contributed by atoms with Crippen molar-refractivity contribution in [2.45, 2.75) is 13.8 Å². The molecule has 1 saturated heterocycles. The van der Waals surface area contributed by atoms with Crippen LogP contribution in [-0.4, -0.2) is 11.8 Å². The van der Waals surface area contributed by atoms with E-state index in [2.05, 4.69) is 74.5 Å². The van der Waals surface area contributed by atoms with Crippen LogP contribution in [0.25, 0.3) is 16.7 Å². The average Bonchev–Trinajstić information content (AvgIpc) is 3.60. The summed E-state index contributed by atoms with van der Waals surface area (Å²) in [5.41, 5.74) is 9.59. The van der Waals surface area contributed by atoms with Crippen molar-refractivity contribution in [2.24, 2.45) is 23.7 Å². The number of benzene rings is 4. The van der Waals surface area contributed by atoms with Crippen molar-refractivity contribution in [3.63, 3.8) is 0 Å². The number of anilines is 1. The van der Waals surface area contributed by atoms with E-state index >= 15 is 0 Å². The second kappa shape index (κ2) is 9.06. The largest absolute Gasteiger partial charge is 0.274 e. The van der Waals surface area contributed by atoms with Gasteiger partial charge in [0.1, 0.15) is 0 Å². The zero-order valence-electron chi connectivity index (χ0n) is 22.0. The van der Waals surface area contributed by atoms with E-state index in [1.54, 1.807) is 0 Å². The summed E-state index contributed by atoms with van der Waals surface area (Å²) in [6, 6.07) is 34.9. The fourth-order valence-electron chi connectivity index (χ4n) is 6.80. The van der Waals surface area contributed by atoms with Gasteiger partial charge >= 0.3 is 0 Å². The fraction of sp³-hybridized carbons (Fsp3) is 0.167. The predicted octanol–water partition coefficient (Wildman–Crippen LogP) is 7.39. The molecule has 4 atom stereocenters. The number of nitrogens with zero attached hydrogens (tertiary/aromatic N) is 1. The van der Waals surface area contributed by atoms with Crippen LogP contribution in [0.5, 0.6) is 0 Å². The maximum absolute atomic E-state index is 14.2. The van der Waals surface area contributed by atoms with Crippen molar-refractivity contribution >= 4 is 23.1 Å². The zero-order chi connectivity index (χ0) is 26.7. The molecule has 3 aliphatic rings. The maximum Gasteiger partial charge on any atom is 0.238 e. The fourth-order valence-corrected chi connectivity index (χ4v) is 6.80. The molecule has 2 aliphatic carbocycles. The average molecular weight is 508 g/mol. The highest BCUT2D eigenvalue weighted by molar-refractivity contribution is 6.24. The van der Waals surface area contributed by atoms with Gasteiger partial charge in [-0.1, -0.05) is 120 Å². The Bertz CT molecular complexity index is 1580. The normalized spacial score (nSPS) is 23.0. The van der Waals surface area contributed by atoms with E-state index in [1.165, 1.54) is 21.6 Å². The van der Waals surface area contributed by atoms with E-state index in [9.17, 15) is 9.59 Å². The lowest BCUT2D eigenvalue weighted by Crippen LogP contribution is -2.33. The molecule has 4 aromatic carbocycles. The maximum atomic E-state index is 14.2. The Morgan fingerprint density at radius 2 is 1.08 bits per heavy atom. The van der Waals surface area contributed by atoms with Crippen LogP contribution >= 0.6 is 0 Å². The summed E-state index contributed by atoms with van der Waals surface area (Å²) in [6.45, 7) is 4.18. The van der Waals surface area contributed by atoms with Crippen LogP contribution in [-0.2, 0) is 9.59 Å². The molecule has 2 bridgehead atoms. The molecule has 1 saturated carbocycles. The van der Waals surface area contributed by atoms with Crippen LogP contribution in [0.4, 0.5) is 5.69 Å². The van der Waals surface area contributed by atoms with Gasteiger partial charge in [-0.15, -0.1) is 0 Å². The molecule has 1 aliphatic heterocycles. The Kier molecular flexibility index (Phi) is 5.48. The third kappa shape index (κ3) is 3.64. The number of imide groups is 1. The highest BCUT2D eigenvalue weighted by Gasteiger charge is 2.62. The van der Waals surface area contributed by atoms with Gasteiger partial charge < -0.3 is 0 Å². The van der Waals surface area contributed by atoms with Gasteiger partial charge in [0, 0.05) is 17.4 Å². The molecule has 0 N–H and O–H groups in total. The highest BCUT2D eigenvalue weighted by Crippen LogP contribution is 2.59. The van der Waals surface area contributed by atoms with E-state index in [0.29, 0.717) is 5.69 Å². The number of amides is 2. The summed E-state index contributed by atoms with van der Waals surface area (Å²) in [7, 11) is 0. The first-order valence-electron chi connectivity index (χ1n) is 13.6. The molecule has 4 aromatic rings. The van der Waals surface area contributed by atoms with Crippen LogP contribution in [0, 0.1) is 37.5 Å². The first-order chi connectivity index (χ1) is 19.0. The van der Waals surface area contributed by atoms with E-state index in [1.807, 2.05) is 54.6 Å². The lowest BCUT2D eigenvalue weighted by Gasteiger charge is -2.23. The van der Waals surface area contributed by atoms with Crippen LogP contribution in [0.1, 0.15) is 22.3 Å². The summed E-state index contributed by atoms with van der Waals surface area (Å²) >= 11 is 0. The Hall–Kier alpha value is -4.50. The van der Waals surface area contributed by atoms with Crippen LogP contribution in [0.15, 0.2) is 121 Å². The van der Waals surface area contributed by atoms with Gasteiger partial charge in [-0.3, -0.25) is 9.59 Å². The SMILES string of the molecule is Cc1ccc(C(=C2C3C=CC2C2C(=O)N(c4ccccc4-c4ccccc4)C(=O)C32)c2ccc(C)cc2)cc1. The van der Waals surface area contributed by atoms with Gasteiger partial charge in [-0.05, 0) is 47.8 Å². The van der Waals surface area contributed by atoms with Gasteiger partial charge in [-0.25, -0.2) is 4.90 Å². The summed E-state index contributed by atoms with van der Waals surface area (Å²) in [4.78, 5) is 29.8. The van der Waals surface area contributed by atoms with Crippen molar-refractivity contribution in [1.82, 2.24) is 0 Å². The minimum Gasteiger partial charge on any atom is -0.274 e. The van der Waals surface area contributed by atoms with Crippen molar-refractivity contribution in [3.8, 4) is 11.1 Å². The summed E-state index contributed by atoms with van der Waals surface area (Å²) in [6.07, 6.45) is 4.34. The Balaban J connectivity index is 1.35. The number of hydrogen-bond acceptors (Lipinski definition) is 2. The molecule has 39 heavy (non-hydrogen) atoms. The second-order valence-electron chi connectivity index (χ2n) is 10.9. The number of allylic oxidation sites excluding steroid dienone is 3. The minimum atomic E-state index is -0.378. The molecular weight excluding hydrogens is 478 g/mol. The van der Waals surface area contributed by atoms with E-state index < -0.39 is 0 Å². The van der Waals surface area contributed by atoms with Gasteiger partial charge in [0.2, 0.25) is 11.8 Å². The molecule has 2 fully saturated rings. The van der Waals surface area contributed by atoms with Crippen molar-refractivity contribution in [1.29, 1.82) is 0 Å². The third-order valence-electron chi connectivity index (χ3n) is 8.61. The van der Waals surface area contributed by atoms with E-state index in [-0.39, 0.29) is 35.5 Å². The van der Waals surface area contributed by atoms with Gasteiger partial charge in [0.15, 0.2) is 0 Å². The molecule has 0 spiro atoms. The number of carbonyl (C=O) groups excluding carboxylic acids is 2. The molecule has 2 amide bonds. The van der Waals surface area contributed by atoms with Crippen LogP contribution < -0.4 is 4.90 Å². The lowest BCUT2D eigenvalue weighted by atomic mass is 9.85. The topological polar surface area (TPSA) is 37.4 Å². The number of aryl methyl sites for hydroxylation is 2. The molecule has 4 unspecified atom stereocenters. The number of hydrogen-bond donors (Lipinski definition) is 0. The van der Waals surface area contributed by atoms with Crippen molar-refractivity contribution in [2.75, 3.05) is 4.90 Å². The highest BCUT2D eigenvalue weighted by atomic mass is 16.2. The minimum absolute atomic E-state index is 0.0881. The van der Waals surface area contributed by atoms with E-state index in [0.717, 1.165) is 27.8 Å². The smallest absolute Gasteiger partial charge is 0.238 e. The number of carbonyl (C=O) groups is 2. The first kappa shape index (κ1) is 23.6. The molecule has 1 heterocycles. The number of rotatable bonds is 4. The number of para-hydroxylation sites is 1. The quantitative estimate of drug-likeness (QED) is 0.213. The van der Waals surface area contributed by atoms with Gasteiger partial charge in [0.05, 0.1) is 17.5 Å². The first-order valence-corrected chi connectivity index (χ1v) is 13.6. The van der Waals surface area contributed by atoms with Crippen molar-refractivity contribution in [3.05, 3.63) is 143 Å². The van der Waals surface area contributed by atoms with Crippen molar-refractivity contribution < 1.29 is 9.59 Å². The van der Waals surface area contributed by atoms with Crippen LogP contribution in [0.2, 0.25) is 0 Å². The number of fused-ring (bicyclic) bond motifs is 5. The molecule has 3 heteroatoms. The molecule has 0 aromatic heterocycles. The summed E-state index contributed by atoms with van der Waals surface area (Å²) in [5.74, 6) is -1.12.